The third kappa shape index (κ3) is 3.22. The fourth-order valence-corrected chi connectivity index (χ4v) is 3.21. The zero-order chi connectivity index (χ0) is 18.9. The number of hydrogen-bond donors (Lipinski definition) is 2. The molecular formula is C17H17N5O3S. The van der Waals surface area contributed by atoms with Crippen LogP contribution in [-0.4, -0.2) is 36.1 Å². The molecule has 1 amide bonds. The predicted octanol–water partition coefficient (Wildman–Crippen LogP) is 1.16. The maximum Gasteiger partial charge on any atom is 0.269 e. The molecule has 0 aliphatic rings. The van der Waals surface area contributed by atoms with Gasteiger partial charge in [0.1, 0.15) is 11.4 Å². The number of nitrogens with one attached hydrogen (secondary N) is 1. The van der Waals surface area contributed by atoms with Gasteiger partial charge < -0.3 is 5.32 Å². The molecule has 0 saturated heterocycles. The van der Waals surface area contributed by atoms with Gasteiger partial charge >= 0.3 is 0 Å². The third-order valence-corrected chi connectivity index (χ3v) is 4.84. The van der Waals surface area contributed by atoms with Crippen LogP contribution in [0.25, 0.3) is 22.4 Å². The summed E-state index contributed by atoms with van der Waals surface area (Å²) in [5.74, 6) is -0.300. The van der Waals surface area contributed by atoms with Crippen LogP contribution in [-0.2, 0) is 17.1 Å². The van der Waals surface area contributed by atoms with Gasteiger partial charge in [-0.2, -0.15) is 5.10 Å². The van der Waals surface area contributed by atoms with Crippen molar-refractivity contribution in [3.05, 3.63) is 54.5 Å². The second-order valence-corrected chi connectivity index (χ2v) is 7.14. The van der Waals surface area contributed by atoms with Crippen molar-refractivity contribution in [3.63, 3.8) is 0 Å². The van der Waals surface area contributed by atoms with E-state index in [1.807, 2.05) is 0 Å². The molecule has 3 aromatic rings. The van der Waals surface area contributed by atoms with E-state index in [4.69, 9.17) is 5.14 Å². The standard InChI is InChI=1S/C17H17N5O3S/c1-19-17(23)16-14(11-3-5-13(6-4-11)26(18,24)25)15(21-22(16)2)12-7-9-20-10-8-12/h3-10H,1-2H3,(H,19,23)(H2,18,24,25). The highest BCUT2D eigenvalue weighted by Gasteiger charge is 2.24. The molecule has 134 valence electrons. The van der Waals surface area contributed by atoms with E-state index in [1.54, 1.807) is 43.7 Å². The van der Waals surface area contributed by atoms with Gasteiger partial charge in [0.2, 0.25) is 10.0 Å². The fourth-order valence-electron chi connectivity index (χ4n) is 2.70. The summed E-state index contributed by atoms with van der Waals surface area (Å²) >= 11 is 0. The van der Waals surface area contributed by atoms with Crippen LogP contribution in [0.1, 0.15) is 10.5 Å². The van der Waals surface area contributed by atoms with E-state index in [2.05, 4.69) is 15.4 Å². The SMILES string of the molecule is CNC(=O)c1c(-c2ccc(S(N)(=O)=O)cc2)c(-c2ccncc2)nn1C. The summed E-state index contributed by atoms with van der Waals surface area (Å²) in [5.41, 5.74) is 2.99. The lowest BCUT2D eigenvalue weighted by Crippen LogP contribution is -2.21. The normalized spacial score (nSPS) is 11.3. The number of nitrogens with two attached hydrogens (primary N) is 1. The minimum absolute atomic E-state index is 0.00269. The molecule has 9 heteroatoms. The van der Waals surface area contributed by atoms with E-state index < -0.39 is 10.0 Å². The fraction of sp³-hybridized carbons (Fsp3) is 0.118. The number of aryl methyl sites for hydroxylation is 1. The summed E-state index contributed by atoms with van der Waals surface area (Å²) in [4.78, 5) is 16.4. The molecule has 3 N–H and O–H groups in total. The number of carbonyl (C=O) groups is 1. The molecule has 0 saturated carbocycles. The van der Waals surface area contributed by atoms with E-state index in [0.717, 1.165) is 5.56 Å². The first-order valence-corrected chi connectivity index (χ1v) is 9.20. The maximum absolute atomic E-state index is 12.4. The molecule has 0 fully saturated rings. The number of nitrogens with zero attached hydrogens (tertiary/aromatic N) is 3. The van der Waals surface area contributed by atoms with Crippen molar-refractivity contribution >= 4 is 15.9 Å². The largest absolute Gasteiger partial charge is 0.354 e. The average molecular weight is 371 g/mol. The van der Waals surface area contributed by atoms with Crippen LogP contribution in [0.3, 0.4) is 0 Å². The topological polar surface area (TPSA) is 120 Å². The summed E-state index contributed by atoms with van der Waals surface area (Å²) in [5, 5.41) is 12.2. The van der Waals surface area contributed by atoms with Crippen molar-refractivity contribution in [1.82, 2.24) is 20.1 Å². The quantitative estimate of drug-likeness (QED) is 0.713. The number of carbonyl (C=O) groups excluding carboxylic acids is 1. The van der Waals surface area contributed by atoms with Gasteiger partial charge in [-0.05, 0) is 29.8 Å². The van der Waals surface area contributed by atoms with Crippen molar-refractivity contribution in [2.45, 2.75) is 4.90 Å². The molecule has 2 aromatic heterocycles. The Labute approximate surface area is 150 Å². The molecule has 0 bridgehead atoms. The van der Waals surface area contributed by atoms with Crippen molar-refractivity contribution in [1.29, 1.82) is 0 Å². The van der Waals surface area contributed by atoms with Gasteiger partial charge in [0.05, 0.1) is 4.90 Å². The summed E-state index contributed by atoms with van der Waals surface area (Å²) in [7, 11) is -0.583. The van der Waals surface area contributed by atoms with Gasteiger partial charge in [-0.25, -0.2) is 13.6 Å². The van der Waals surface area contributed by atoms with Crippen molar-refractivity contribution in [2.75, 3.05) is 7.05 Å². The van der Waals surface area contributed by atoms with Gasteiger partial charge in [-0.15, -0.1) is 0 Å². The Morgan fingerprint density at radius 2 is 1.69 bits per heavy atom. The molecule has 0 unspecified atom stereocenters. The lowest BCUT2D eigenvalue weighted by molar-refractivity contribution is 0.0954. The molecule has 0 radical (unpaired) electrons. The number of amides is 1. The van der Waals surface area contributed by atoms with Crippen LogP contribution >= 0.6 is 0 Å². The monoisotopic (exact) mass is 371 g/mol. The first-order chi connectivity index (χ1) is 12.3. The molecule has 3 rings (SSSR count). The molecule has 2 heterocycles. The number of primary sulfonamides is 1. The number of benzene rings is 1. The minimum Gasteiger partial charge on any atom is -0.354 e. The van der Waals surface area contributed by atoms with Crippen LogP contribution in [0.4, 0.5) is 0 Å². The third-order valence-electron chi connectivity index (χ3n) is 3.91. The van der Waals surface area contributed by atoms with E-state index in [9.17, 15) is 13.2 Å². The van der Waals surface area contributed by atoms with Crippen molar-refractivity contribution in [3.8, 4) is 22.4 Å². The minimum atomic E-state index is -3.80. The van der Waals surface area contributed by atoms with Gasteiger partial charge in [-0.3, -0.25) is 14.5 Å². The Morgan fingerprint density at radius 1 is 1.08 bits per heavy atom. The van der Waals surface area contributed by atoms with E-state index in [-0.39, 0.29) is 10.8 Å². The molecule has 0 aliphatic heterocycles. The molecule has 8 nitrogen and oxygen atoms in total. The van der Waals surface area contributed by atoms with E-state index >= 15 is 0 Å². The number of sulfonamides is 1. The van der Waals surface area contributed by atoms with Gasteiger partial charge in [-0.1, -0.05) is 12.1 Å². The molecular weight excluding hydrogens is 354 g/mol. The van der Waals surface area contributed by atoms with E-state index in [0.29, 0.717) is 22.5 Å². The second-order valence-electron chi connectivity index (χ2n) is 5.58. The average Bonchev–Trinajstić information content (AvgIpc) is 2.98. The Balaban J connectivity index is 2.26. The summed E-state index contributed by atoms with van der Waals surface area (Å²) in [6.45, 7) is 0. The number of rotatable bonds is 4. The van der Waals surface area contributed by atoms with Crippen LogP contribution in [0.2, 0.25) is 0 Å². The molecule has 1 aromatic carbocycles. The summed E-state index contributed by atoms with van der Waals surface area (Å²) in [6, 6.07) is 9.60. The zero-order valence-electron chi connectivity index (χ0n) is 14.2. The van der Waals surface area contributed by atoms with Gasteiger partial charge in [0.25, 0.3) is 5.91 Å². The van der Waals surface area contributed by atoms with Crippen LogP contribution < -0.4 is 10.5 Å². The highest BCUT2D eigenvalue weighted by molar-refractivity contribution is 7.89. The lowest BCUT2D eigenvalue weighted by atomic mass is 9.99. The Hall–Kier alpha value is -3.04. The molecule has 0 aliphatic carbocycles. The number of aromatic nitrogens is 3. The van der Waals surface area contributed by atoms with Crippen molar-refractivity contribution in [2.24, 2.45) is 12.2 Å². The molecule has 0 spiro atoms. The number of pyridine rings is 1. The van der Waals surface area contributed by atoms with Crippen LogP contribution in [0, 0.1) is 0 Å². The Bertz CT molecular complexity index is 1060. The molecule has 0 atom stereocenters. The maximum atomic E-state index is 12.4. The lowest BCUT2D eigenvalue weighted by Gasteiger charge is -2.08. The highest BCUT2D eigenvalue weighted by Crippen LogP contribution is 2.34. The second kappa shape index (κ2) is 6.70. The highest BCUT2D eigenvalue weighted by atomic mass is 32.2. The first kappa shape index (κ1) is 17.8. The van der Waals surface area contributed by atoms with E-state index in [1.165, 1.54) is 23.9 Å². The summed E-state index contributed by atoms with van der Waals surface area (Å²) < 4.78 is 24.5. The van der Waals surface area contributed by atoms with Gasteiger partial charge in [0.15, 0.2) is 0 Å². The zero-order valence-corrected chi connectivity index (χ0v) is 15.0. The van der Waals surface area contributed by atoms with Gasteiger partial charge in [0, 0.05) is 37.6 Å². The first-order valence-electron chi connectivity index (χ1n) is 7.65. The Kier molecular flexibility index (Phi) is 4.58. The summed E-state index contributed by atoms with van der Waals surface area (Å²) in [6.07, 6.45) is 3.27. The molecule has 26 heavy (non-hydrogen) atoms. The van der Waals surface area contributed by atoms with Crippen molar-refractivity contribution < 1.29 is 13.2 Å². The van der Waals surface area contributed by atoms with Crippen LogP contribution in [0.5, 0.6) is 0 Å². The Morgan fingerprint density at radius 3 is 2.23 bits per heavy atom. The predicted molar refractivity (Wildman–Crippen MR) is 96.6 cm³/mol. The van der Waals surface area contributed by atoms with Crippen LogP contribution in [0.15, 0.2) is 53.7 Å². The number of hydrogen-bond acceptors (Lipinski definition) is 5. The smallest absolute Gasteiger partial charge is 0.269 e.